The van der Waals surface area contributed by atoms with Gasteiger partial charge in [-0.3, -0.25) is 4.98 Å². The maximum absolute atomic E-state index is 13.3. The zero-order chi connectivity index (χ0) is 17.8. The van der Waals surface area contributed by atoms with Crippen LogP contribution in [0, 0.1) is 5.82 Å². The number of halogens is 1. The summed E-state index contributed by atoms with van der Waals surface area (Å²) in [6, 6.07) is 12.3. The van der Waals surface area contributed by atoms with Gasteiger partial charge in [-0.25, -0.2) is 19.3 Å². The molecule has 128 valence electrons. The minimum atomic E-state index is -0.216. The molecule has 1 aromatic carbocycles. The van der Waals surface area contributed by atoms with Crippen molar-refractivity contribution in [2.75, 3.05) is 0 Å². The quantitative estimate of drug-likeness (QED) is 0.552. The van der Waals surface area contributed by atoms with E-state index in [4.69, 9.17) is 0 Å². The van der Waals surface area contributed by atoms with E-state index in [-0.39, 0.29) is 5.82 Å². The van der Waals surface area contributed by atoms with Crippen LogP contribution in [0.4, 0.5) is 4.39 Å². The third kappa shape index (κ3) is 3.49. The highest BCUT2D eigenvalue weighted by atomic mass is 19.1. The molecular formula is C20H16FN5. The molecule has 0 aliphatic heterocycles. The first kappa shape index (κ1) is 16.1. The standard InChI is InChI=1S/C20H16FN5/c21-17-5-3-4-15(12-17)7-10-26-11-9-23-20(26)16-13-24-19(25-14-16)18-6-1-2-8-22-18/h1-6,8-9,11-14H,7,10H2. The minimum Gasteiger partial charge on any atom is -0.331 e. The highest BCUT2D eigenvalue weighted by molar-refractivity contribution is 5.56. The predicted octanol–water partition coefficient (Wildman–Crippen LogP) is 3.78. The van der Waals surface area contributed by atoms with Crippen molar-refractivity contribution < 1.29 is 4.39 Å². The molecule has 0 saturated heterocycles. The zero-order valence-electron chi connectivity index (χ0n) is 14.0. The summed E-state index contributed by atoms with van der Waals surface area (Å²) in [7, 11) is 0. The fourth-order valence-corrected chi connectivity index (χ4v) is 2.76. The number of hydrogen-bond donors (Lipinski definition) is 0. The van der Waals surface area contributed by atoms with Gasteiger partial charge in [-0.05, 0) is 36.2 Å². The van der Waals surface area contributed by atoms with Crippen LogP contribution in [0.25, 0.3) is 22.9 Å². The molecule has 0 unspecified atom stereocenters. The van der Waals surface area contributed by atoms with Crippen molar-refractivity contribution in [1.29, 1.82) is 0 Å². The number of benzene rings is 1. The number of aryl methyl sites for hydroxylation is 2. The molecular weight excluding hydrogens is 329 g/mol. The number of aromatic nitrogens is 5. The van der Waals surface area contributed by atoms with Gasteiger partial charge in [-0.1, -0.05) is 18.2 Å². The van der Waals surface area contributed by atoms with E-state index >= 15 is 0 Å². The topological polar surface area (TPSA) is 56.5 Å². The Labute approximate surface area is 150 Å². The summed E-state index contributed by atoms with van der Waals surface area (Å²) in [6.45, 7) is 0.695. The molecule has 0 aliphatic carbocycles. The van der Waals surface area contributed by atoms with Gasteiger partial charge in [0.25, 0.3) is 0 Å². The van der Waals surface area contributed by atoms with Crippen LogP contribution in [0.15, 0.2) is 73.4 Å². The van der Waals surface area contributed by atoms with E-state index in [1.807, 2.05) is 35.0 Å². The number of pyridine rings is 1. The Morgan fingerprint density at radius 3 is 2.54 bits per heavy atom. The van der Waals surface area contributed by atoms with Crippen molar-refractivity contribution in [3.8, 4) is 22.9 Å². The van der Waals surface area contributed by atoms with Gasteiger partial charge in [0.2, 0.25) is 0 Å². The summed E-state index contributed by atoms with van der Waals surface area (Å²) in [5.41, 5.74) is 2.51. The molecule has 5 nitrogen and oxygen atoms in total. The van der Waals surface area contributed by atoms with Crippen LogP contribution in [0.2, 0.25) is 0 Å². The Bertz CT molecular complexity index is 996. The lowest BCUT2D eigenvalue weighted by molar-refractivity contribution is 0.622. The van der Waals surface area contributed by atoms with Crippen molar-refractivity contribution in [2.45, 2.75) is 13.0 Å². The Hall–Kier alpha value is -3.41. The summed E-state index contributed by atoms with van der Waals surface area (Å²) in [5.74, 6) is 1.15. The average molecular weight is 345 g/mol. The molecule has 4 rings (SSSR count). The van der Waals surface area contributed by atoms with Crippen molar-refractivity contribution >= 4 is 0 Å². The van der Waals surface area contributed by atoms with Crippen LogP contribution in [-0.2, 0) is 13.0 Å². The van der Waals surface area contributed by atoms with Crippen LogP contribution in [-0.4, -0.2) is 24.5 Å². The third-order valence-electron chi connectivity index (χ3n) is 4.05. The van der Waals surface area contributed by atoms with E-state index in [1.165, 1.54) is 6.07 Å². The molecule has 3 aromatic heterocycles. The first-order valence-electron chi connectivity index (χ1n) is 8.29. The van der Waals surface area contributed by atoms with E-state index < -0.39 is 0 Å². The van der Waals surface area contributed by atoms with Gasteiger partial charge in [0.15, 0.2) is 5.82 Å². The Morgan fingerprint density at radius 2 is 1.77 bits per heavy atom. The molecule has 26 heavy (non-hydrogen) atoms. The van der Waals surface area contributed by atoms with Gasteiger partial charge >= 0.3 is 0 Å². The van der Waals surface area contributed by atoms with Gasteiger partial charge in [0, 0.05) is 37.5 Å². The maximum atomic E-state index is 13.3. The Balaban J connectivity index is 1.53. The molecule has 0 spiro atoms. The van der Waals surface area contributed by atoms with Crippen LogP contribution in [0.3, 0.4) is 0 Å². The van der Waals surface area contributed by atoms with E-state index in [9.17, 15) is 4.39 Å². The van der Waals surface area contributed by atoms with Crippen molar-refractivity contribution in [1.82, 2.24) is 24.5 Å². The molecule has 6 heteroatoms. The molecule has 0 radical (unpaired) electrons. The highest BCUT2D eigenvalue weighted by Gasteiger charge is 2.09. The normalized spacial score (nSPS) is 10.8. The van der Waals surface area contributed by atoms with E-state index in [1.54, 1.807) is 36.9 Å². The van der Waals surface area contributed by atoms with Gasteiger partial charge in [0.05, 0.1) is 5.56 Å². The Kier molecular flexibility index (Phi) is 4.47. The first-order chi connectivity index (χ1) is 12.8. The molecule has 0 saturated carbocycles. The molecule has 3 heterocycles. The van der Waals surface area contributed by atoms with Gasteiger partial charge in [0.1, 0.15) is 17.3 Å². The summed E-state index contributed by atoms with van der Waals surface area (Å²) >= 11 is 0. The van der Waals surface area contributed by atoms with Gasteiger partial charge in [-0.15, -0.1) is 0 Å². The van der Waals surface area contributed by atoms with Crippen LogP contribution < -0.4 is 0 Å². The number of nitrogens with zero attached hydrogens (tertiary/aromatic N) is 5. The first-order valence-corrected chi connectivity index (χ1v) is 8.29. The van der Waals surface area contributed by atoms with Gasteiger partial charge < -0.3 is 4.57 Å². The second-order valence-electron chi connectivity index (χ2n) is 5.83. The highest BCUT2D eigenvalue weighted by Crippen LogP contribution is 2.18. The molecule has 0 aliphatic rings. The summed E-state index contributed by atoms with van der Waals surface area (Å²) < 4.78 is 15.3. The Morgan fingerprint density at radius 1 is 0.885 bits per heavy atom. The lowest BCUT2D eigenvalue weighted by Gasteiger charge is -2.08. The number of rotatable bonds is 5. The average Bonchev–Trinajstić information content (AvgIpc) is 3.16. The molecule has 4 aromatic rings. The SMILES string of the molecule is Fc1cccc(CCn2ccnc2-c2cnc(-c3ccccn3)nc2)c1. The maximum Gasteiger partial charge on any atom is 0.178 e. The van der Waals surface area contributed by atoms with Crippen molar-refractivity contribution in [3.05, 3.63) is 84.8 Å². The van der Waals surface area contributed by atoms with Gasteiger partial charge in [-0.2, -0.15) is 0 Å². The fourth-order valence-electron chi connectivity index (χ4n) is 2.76. The van der Waals surface area contributed by atoms with Crippen molar-refractivity contribution in [3.63, 3.8) is 0 Å². The number of hydrogen-bond acceptors (Lipinski definition) is 4. The van der Waals surface area contributed by atoms with Crippen molar-refractivity contribution in [2.24, 2.45) is 0 Å². The molecule has 0 N–H and O–H groups in total. The molecule has 0 atom stereocenters. The fraction of sp³-hybridized carbons (Fsp3) is 0.100. The van der Waals surface area contributed by atoms with Crippen LogP contribution in [0.1, 0.15) is 5.56 Å². The smallest absolute Gasteiger partial charge is 0.178 e. The second kappa shape index (κ2) is 7.23. The monoisotopic (exact) mass is 345 g/mol. The third-order valence-corrected chi connectivity index (χ3v) is 4.05. The molecule has 0 bridgehead atoms. The zero-order valence-corrected chi connectivity index (χ0v) is 14.0. The molecule has 0 amide bonds. The molecule has 0 fully saturated rings. The lowest BCUT2D eigenvalue weighted by atomic mass is 10.1. The predicted molar refractivity (Wildman–Crippen MR) is 96.6 cm³/mol. The van der Waals surface area contributed by atoms with E-state index in [0.717, 1.165) is 22.6 Å². The van der Waals surface area contributed by atoms with Crippen LogP contribution in [0.5, 0.6) is 0 Å². The lowest BCUT2D eigenvalue weighted by Crippen LogP contribution is -2.03. The van der Waals surface area contributed by atoms with Crippen LogP contribution >= 0.6 is 0 Å². The summed E-state index contributed by atoms with van der Waals surface area (Å²) in [5, 5.41) is 0. The van der Waals surface area contributed by atoms with E-state index in [0.29, 0.717) is 18.8 Å². The number of imidazole rings is 1. The summed E-state index contributed by atoms with van der Waals surface area (Å²) in [4.78, 5) is 17.5. The van der Waals surface area contributed by atoms with E-state index in [2.05, 4.69) is 19.9 Å². The minimum absolute atomic E-state index is 0.216. The second-order valence-corrected chi connectivity index (χ2v) is 5.83. The summed E-state index contributed by atoms with van der Waals surface area (Å²) in [6.07, 6.45) is 9.57. The largest absolute Gasteiger partial charge is 0.331 e.